The minimum atomic E-state index is -0.504. The van der Waals surface area contributed by atoms with Crippen LogP contribution in [0.5, 0.6) is 17.2 Å². The summed E-state index contributed by atoms with van der Waals surface area (Å²) in [6, 6.07) is 22.2. The molecule has 3 aromatic rings. The van der Waals surface area contributed by atoms with Crippen molar-refractivity contribution >= 4 is 33.9 Å². The van der Waals surface area contributed by atoms with E-state index >= 15 is 0 Å². The van der Waals surface area contributed by atoms with Crippen LogP contribution in [0.2, 0.25) is 0 Å². The third-order valence-corrected chi connectivity index (χ3v) is 5.05. The van der Waals surface area contributed by atoms with Crippen LogP contribution in [0.4, 0.5) is 0 Å². The molecule has 0 radical (unpaired) electrons. The summed E-state index contributed by atoms with van der Waals surface area (Å²) < 4.78 is 23.0. The maximum absolute atomic E-state index is 12.3. The van der Waals surface area contributed by atoms with Crippen molar-refractivity contribution in [1.82, 2.24) is 0 Å². The Kier molecular flexibility index (Phi) is 6.87. The number of methoxy groups -OCH3 is 1. The van der Waals surface area contributed by atoms with E-state index in [1.807, 2.05) is 72.8 Å². The number of ether oxygens (including phenoxy) is 4. The fourth-order valence-corrected chi connectivity index (χ4v) is 3.41. The number of esters is 1. The van der Waals surface area contributed by atoms with Gasteiger partial charge in [0.2, 0.25) is 5.90 Å². The van der Waals surface area contributed by atoms with E-state index in [1.165, 1.54) is 0 Å². The average Bonchev–Trinajstić information content (AvgIpc) is 3.19. The minimum Gasteiger partial charge on any atom is -0.497 e. The van der Waals surface area contributed by atoms with Crippen molar-refractivity contribution in [2.24, 2.45) is 4.99 Å². The second-order valence-electron chi connectivity index (χ2n) is 6.76. The highest BCUT2D eigenvalue weighted by molar-refractivity contribution is 9.10. The SMILES string of the molecule is COc1cccc(OCCOc2ccc(Br)cc2/C=C2/N=C(c3ccccc3)OC2=O)c1. The van der Waals surface area contributed by atoms with Gasteiger partial charge in [-0.05, 0) is 48.5 Å². The monoisotopic (exact) mass is 493 g/mol. The lowest BCUT2D eigenvalue weighted by atomic mass is 10.1. The molecule has 1 aliphatic heterocycles. The standard InChI is InChI=1S/C25H20BrNO5/c1-29-20-8-5-9-21(16-20)30-12-13-31-23-11-10-19(26)14-18(23)15-22-25(28)32-24(27-22)17-6-3-2-4-7-17/h2-11,14-16H,12-13H2,1H3/b22-15+. The lowest BCUT2D eigenvalue weighted by Gasteiger charge is -2.11. The number of hydrogen-bond acceptors (Lipinski definition) is 6. The molecule has 0 fully saturated rings. The zero-order chi connectivity index (χ0) is 22.3. The van der Waals surface area contributed by atoms with Gasteiger partial charge >= 0.3 is 5.97 Å². The molecule has 0 atom stereocenters. The highest BCUT2D eigenvalue weighted by atomic mass is 79.9. The van der Waals surface area contributed by atoms with Crippen molar-refractivity contribution in [1.29, 1.82) is 0 Å². The molecule has 0 saturated heterocycles. The van der Waals surface area contributed by atoms with Crippen molar-refractivity contribution < 1.29 is 23.7 Å². The van der Waals surface area contributed by atoms with E-state index < -0.39 is 5.97 Å². The number of benzene rings is 3. The van der Waals surface area contributed by atoms with Gasteiger partial charge in [0.1, 0.15) is 30.5 Å². The Morgan fingerprint density at radius 1 is 0.938 bits per heavy atom. The number of aliphatic imine (C=N–C) groups is 1. The molecule has 6 nitrogen and oxygen atoms in total. The van der Waals surface area contributed by atoms with Gasteiger partial charge < -0.3 is 18.9 Å². The van der Waals surface area contributed by atoms with Gasteiger partial charge in [-0.2, -0.15) is 0 Å². The van der Waals surface area contributed by atoms with Crippen LogP contribution in [-0.2, 0) is 9.53 Å². The summed E-state index contributed by atoms with van der Waals surface area (Å²) in [6.45, 7) is 0.662. The molecule has 0 amide bonds. The Labute approximate surface area is 194 Å². The Morgan fingerprint density at radius 2 is 1.72 bits per heavy atom. The first-order valence-corrected chi connectivity index (χ1v) is 10.7. The van der Waals surface area contributed by atoms with Gasteiger partial charge in [0.25, 0.3) is 0 Å². The summed E-state index contributed by atoms with van der Waals surface area (Å²) in [7, 11) is 1.61. The van der Waals surface area contributed by atoms with Crippen LogP contribution in [0.1, 0.15) is 11.1 Å². The van der Waals surface area contributed by atoms with E-state index in [1.54, 1.807) is 13.2 Å². The molecule has 0 bridgehead atoms. The van der Waals surface area contributed by atoms with Crippen LogP contribution < -0.4 is 14.2 Å². The Bertz CT molecular complexity index is 1170. The maximum Gasteiger partial charge on any atom is 0.363 e. The number of carbonyl (C=O) groups is 1. The molecule has 3 aromatic carbocycles. The number of nitrogens with zero attached hydrogens (tertiary/aromatic N) is 1. The van der Waals surface area contributed by atoms with E-state index in [-0.39, 0.29) is 11.6 Å². The van der Waals surface area contributed by atoms with E-state index in [0.717, 1.165) is 15.8 Å². The third kappa shape index (κ3) is 5.36. The molecule has 1 heterocycles. The second-order valence-corrected chi connectivity index (χ2v) is 7.68. The zero-order valence-electron chi connectivity index (χ0n) is 17.3. The molecule has 7 heteroatoms. The van der Waals surface area contributed by atoms with Gasteiger partial charge in [0.15, 0.2) is 5.70 Å². The molecule has 0 unspecified atom stereocenters. The highest BCUT2D eigenvalue weighted by Crippen LogP contribution is 2.28. The molecule has 32 heavy (non-hydrogen) atoms. The van der Waals surface area contributed by atoms with Gasteiger partial charge in [-0.15, -0.1) is 0 Å². The van der Waals surface area contributed by atoms with Crippen molar-refractivity contribution in [2.45, 2.75) is 0 Å². The molecule has 0 spiro atoms. The predicted octanol–water partition coefficient (Wildman–Crippen LogP) is 5.26. The van der Waals surface area contributed by atoms with Gasteiger partial charge in [-0.1, -0.05) is 40.2 Å². The van der Waals surface area contributed by atoms with Crippen molar-refractivity contribution in [3.05, 3.63) is 94.1 Å². The quantitative estimate of drug-likeness (QED) is 0.243. The van der Waals surface area contributed by atoms with Gasteiger partial charge in [-0.3, -0.25) is 0 Å². The third-order valence-electron chi connectivity index (χ3n) is 4.56. The van der Waals surface area contributed by atoms with Gasteiger partial charge in [-0.25, -0.2) is 9.79 Å². The van der Waals surface area contributed by atoms with Crippen LogP contribution in [0.15, 0.2) is 88.0 Å². The number of halogens is 1. The van der Waals surface area contributed by atoms with E-state index in [2.05, 4.69) is 20.9 Å². The summed E-state index contributed by atoms with van der Waals surface area (Å²) in [5.74, 6) is 1.81. The summed E-state index contributed by atoms with van der Waals surface area (Å²) in [4.78, 5) is 16.7. The van der Waals surface area contributed by atoms with E-state index in [9.17, 15) is 4.79 Å². The second kappa shape index (κ2) is 10.2. The summed E-state index contributed by atoms with van der Waals surface area (Å²) in [5.41, 5.74) is 1.65. The molecular formula is C25H20BrNO5. The van der Waals surface area contributed by atoms with Crippen LogP contribution in [0.25, 0.3) is 6.08 Å². The fourth-order valence-electron chi connectivity index (χ4n) is 3.03. The predicted molar refractivity (Wildman–Crippen MR) is 125 cm³/mol. The van der Waals surface area contributed by atoms with Crippen LogP contribution in [0.3, 0.4) is 0 Å². The summed E-state index contributed by atoms with van der Waals surface area (Å²) in [6.07, 6.45) is 1.65. The maximum atomic E-state index is 12.3. The molecular weight excluding hydrogens is 474 g/mol. The van der Waals surface area contributed by atoms with E-state index in [0.29, 0.717) is 30.3 Å². The van der Waals surface area contributed by atoms with Crippen molar-refractivity contribution in [3.8, 4) is 17.2 Å². The van der Waals surface area contributed by atoms with Gasteiger partial charge in [0, 0.05) is 21.7 Å². The minimum absolute atomic E-state index is 0.208. The number of carbonyl (C=O) groups excluding carboxylic acids is 1. The number of cyclic esters (lactones) is 1. The number of hydrogen-bond donors (Lipinski definition) is 0. The molecule has 0 saturated carbocycles. The summed E-state index contributed by atoms with van der Waals surface area (Å²) >= 11 is 3.46. The highest BCUT2D eigenvalue weighted by Gasteiger charge is 2.24. The average molecular weight is 494 g/mol. The molecule has 0 N–H and O–H groups in total. The van der Waals surface area contributed by atoms with Crippen molar-refractivity contribution in [2.75, 3.05) is 20.3 Å². The molecule has 1 aliphatic rings. The smallest absolute Gasteiger partial charge is 0.363 e. The Hall–Kier alpha value is -3.58. The normalized spacial score (nSPS) is 14.1. The summed E-state index contributed by atoms with van der Waals surface area (Å²) in [5, 5.41) is 0. The van der Waals surface area contributed by atoms with Crippen molar-refractivity contribution in [3.63, 3.8) is 0 Å². The molecule has 4 rings (SSSR count). The Morgan fingerprint density at radius 3 is 2.53 bits per heavy atom. The molecule has 0 aromatic heterocycles. The lowest BCUT2D eigenvalue weighted by molar-refractivity contribution is -0.129. The molecule has 0 aliphatic carbocycles. The van der Waals surface area contributed by atoms with Crippen LogP contribution in [-0.4, -0.2) is 32.2 Å². The van der Waals surface area contributed by atoms with E-state index in [4.69, 9.17) is 18.9 Å². The van der Waals surface area contributed by atoms with Gasteiger partial charge in [0.05, 0.1) is 7.11 Å². The molecule has 162 valence electrons. The fraction of sp³-hybridized carbons (Fsp3) is 0.120. The largest absolute Gasteiger partial charge is 0.497 e. The zero-order valence-corrected chi connectivity index (χ0v) is 18.9. The number of rotatable bonds is 8. The van der Waals surface area contributed by atoms with Crippen LogP contribution in [0, 0.1) is 0 Å². The first kappa shape index (κ1) is 21.6. The first-order chi connectivity index (χ1) is 15.6. The Balaban J connectivity index is 1.46. The lowest BCUT2D eigenvalue weighted by Crippen LogP contribution is -2.09. The topological polar surface area (TPSA) is 66.3 Å². The van der Waals surface area contributed by atoms with Crippen LogP contribution >= 0.6 is 15.9 Å². The first-order valence-electron chi connectivity index (χ1n) is 9.89.